The molecule has 0 saturated carbocycles. The van der Waals surface area contributed by atoms with Crippen LogP contribution < -0.4 is 5.32 Å². The third-order valence-corrected chi connectivity index (χ3v) is 3.30. The van der Waals surface area contributed by atoms with Gasteiger partial charge in [-0.05, 0) is 52.5 Å². The van der Waals surface area contributed by atoms with E-state index < -0.39 is 0 Å². The minimum Gasteiger partial charge on any atom is -0.368 e. The van der Waals surface area contributed by atoms with Gasteiger partial charge in [0.15, 0.2) is 0 Å². The van der Waals surface area contributed by atoms with Crippen LogP contribution in [0.2, 0.25) is 0 Å². The Morgan fingerprint density at radius 2 is 2.19 bits per heavy atom. The van der Waals surface area contributed by atoms with Crippen LogP contribution in [0.3, 0.4) is 0 Å². The predicted octanol–water partition coefficient (Wildman–Crippen LogP) is 2.90. The van der Waals surface area contributed by atoms with Crippen LogP contribution in [0.15, 0.2) is 16.7 Å². The Kier molecular flexibility index (Phi) is 5.22. The third kappa shape index (κ3) is 4.49. The molecular weight excluding hydrogens is 266 g/mol. The van der Waals surface area contributed by atoms with Gasteiger partial charge in [0.25, 0.3) is 0 Å². The SMILES string of the molecule is Cc1cnc(NC(C)CCN(C)C)cc1Br. The highest BCUT2D eigenvalue weighted by atomic mass is 79.9. The average molecular weight is 286 g/mol. The molecule has 0 bridgehead atoms. The Hall–Kier alpha value is -0.610. The second-order valence-corrected chi connectivity index (χ2v) is 5.31. The zero-order chi connectivity index (χ0) is 12.1. The summed E-state index contributed by atoms with van der Waals surface area (Å²) in [5.41, 5.74) is 1.16. The molecule has 0 aromatic carbocycles. The Bertz CT molecular complexity index is 339. The second kappa shape index (κ2) is 6.21. The number of anilines is 1. The van der Waals surface area contributed by atoms with Gasteiger partial charge in [-0.25, -0.2) is 4.98 Å². The summed E-state index contributed by atoms with van der Waals surface area (Å²) in [6.45, 7) is 5.30. The van der Waals surface area contributed by atoms with Gasteiger partial charge in [0, 0.05) is 16.7 Å². The summed E-state index contributed by atoms with van der Waals surface area (Å²) in [5.74, 6) is 0.934. The number of aryl methyl sites for hydroxylation is 1. The molecule has 0 radical (unpaired) electrons. The van der Waals surface area contributed by atoms with E-state index in [9.17, 15) is 0 Å². The number of rotatable bonds is 5. The maximum atomic E-state index is 4.35. The van der Waals surface area contributed by atoms with Gasteiger partial charge in [0.2, 0.25) is 0 Å². The molecule has 1 aromatic heterocycles. The molecule has 1 atom stereocenters. The zero-order valence-corrected chi connectivity index (χ0v) is 12.0. The molecular formula is C12H20BrN3. The molecule has 1 aromatic rings. The molecule has 0 spiro atoms. The predicted molar refractivity (Wildman–Crippen MR) is 72.9 cm³/mol. The summed E-state index contributed by atoms with van der Waals surface area (Å²) in [4.78, 5) is 6.54. The maximum Gasteiger partial charge on any atom is 0.127 e. The summed E-state index contributed by atoms with van der Waals surface area (Å²) in [6.07, 6.45) is 2.99. The molecule has 1 heterocycles. The van der Waals surface area contributed by atoms with Gasteiger partial charge in [-0.15, -0.1) is 0 Å². The zero-order valence-electron chi connectivity index (χ0n) is 10.4. The van der Waals surface area contributed by atoms with Crippen molar-refractivity contribution in [1.29, 1.82) is 0 Å². The van der Waals surface area contributed by atoms with Crippen molar-refractivity contribution < 1.29 is 0 Å². The smallest absolute Gasteiger partial charge is 0.127 e. The van der Waals surface area contributed by atoms with Gasteiger partial charge in [0.1, 0.15) is 5.82 Å². The highest BCUT2D eigenvalue weighted by molar-refractivity contribution is 9.10. The van der Waals surface area contributed by atoms with Crippen LogP contribution in [-0.4, -0.2) is 36.6 Å². The molecule has 0 aliphatic heterocycles. The van der Waals surface area contributed by atoms with Crippen molar-refractivity contribution in [3.05, 3.63) is 22.3 Å². The molecule has 0 aliphatic carbocycles. The van der Waals surface area contributed by atoms with Gasteiger partial charge < -0.3 is 10.2 Å². The topological polar surface area (TPSA) is 28.2 Å². The first kappa shape index (κ1) is 13.5. The van der Waals surface area contributed by atoms with Crippen LogP contribution in [0.25, 0.3) is 0 Å². The fourth-order valence-corrected chi connectivity index (χ4v) is 1.67. The van der Waals surface area contributed by atoms with Crippen LogP contribution in [0, 0.1) is 6.92 Å². The summed E-state index contributed by atoms with van der Waals surface area (Å²) >= 11 is 3.51. The standard InChI is InChI=1S/C12H20BrN3/c1-9-8-14-12(7-11(9)13)15-10(2)5-6-16(3)4/h7-8,10H,5-6H2,1-4H3,(H,14,15). The second-order valence-electron chi connectivity index (χ2n) is 4.46. The number of hydrogen-bond donors (Lipinski definition) is 1. The van der Waals surface area contributed by atoms with Gasteiger partial charge >= 0.3 is 0 Å². The monoisotopic (exact) mass is 285 g/mol. The molecule has 1 unspecified atom stereocenters. The number of nitrogens with one attached hydrogen (secondary N) is 1. The lowest BCUT2D eigenvalue weighted by Crippen LogP contribution is -2.23. The number of halogens is 1. The van der Waals surface area contributed by atoms with E-state index in [0.29, 0.717) is 6.04 Å². The summed E-state index contributed by atoms with van der Waals surface area (Å²) < 4.78 is 1.10. The lowest BCUT2D eigenvalue weighted by atomic mass is 10.2. The third-order valence-electron chi connectivity index (χ3n) is 2.44. The van der Waals surface area contributed by atoms with E-state index in [1.165, 1.54) is 0 Å². The first-order valence-corrected chi connectivity index (χ1v) is 6.31. The molecule has 16 heavy (non-hydrogen) atoms. The molecule has 90 valence electrons. The van der Waals surface area contributed by atoms with Crippen molar-refractivity contribution in [1.82, 2.24) is 9.88 Å². The summed E-state index contributed by atoms with van der Waals surface area (Å²) in [7, 11) is 4.18. The fraction of sp³-hybridized carbons (Fsp3) is 0.583. The van der Waals surface area contributed by atoms with Gasteiger partial charge in [-0.1, -0.05) is 15.9 Å². The highest BCUT2D eigenvalue weighted by Gasteiger charge is 2.04. The summed E-state index contributed by atoms with van der Waals surface area (Å²) in [6, 6.07) is 2.46. The molecule has 0 saturated heterocycles. The van der Waals surface area contributed by atoms with Crippen LogP contribution in [0.5, 0.6) is 0 Å². The van der Waals surface area contributed by atoms with Crippen LogP contribution in [0.4, 0.5) is 5.82 Å². The van der Waals surface area contributed by atoms with Gasteiger partial charge in [-0.3, -0.25) is 0 Å². The van der Waals surface area contributed by atoms with E-state index in [0.717, 1.165) is 28.8 Å². The average Bonchev–Trinajstić information content (AvgIpc) is 2.21. The molecule has 1 N–H and O–H groups in total. The van der Waals surface area contributed by atoms with Crippen LogP contribution in [0.1, 0.15) is 18.9 Å². The van der Waals surface area contributed by atoms with Crippen molar-refractivity contribution in [2.45, 2.75) is 26.3 Å². The first-order chi connectivity index (χ1) is 7.49. The van der Waals surface area contributed by atoms with Gasteiger partial charge in [-0.2, -0.15) is 0 Å². The maximum absolute atomic E-state index is 4.35. The van der Waals surface area contributed by atoms with Crippen molar-refractivity contribution >= 4 is 21.7 Å². The lowest BCUT2D eigenvalue weighted by molar-refractivity contribution is 0.390. The Morgan fingerprint density at radius 1 is 1.50 bits per heavy atom. The van der Waals surface area contributed by atoms with E-state index in [1.807, 2.05) is 19.2 Å². The van der Waals surface area contributed by atoms with E-state index in [1.54, 1.807) is 0 Å². The molecule has 0 amide bonds. The van der Waals surface area contributed by atoms with Crippen molar-refractivity contribution in [3.63, 3.8) is 0 Å². The number of hydrogen-bond acceptors (Lipinski definition) is 3. The Labute approximate surface area is 106 Å². The Morgan fingerprint density at radius 3 is 2.75 bits per heavy atom. The quantitative estimate of drug-likeness (QED) is 0.902. The molecule has 1 rings (SSSR count). The molecule has 3 nitrogen and oxygen atoms in total. The molecule has 0 aliphatic rings. The van der Waals surface area contributed by atoms with E-state index >= 15 is 0 Å². The van der Waals surface area contributed by atoms with Gasteiger partial charge in [0.05, 0.1) is 0 Å². The minimum atomic E-state index is 0.435. The fourth-order valence-electron chi connectivity index (χ4n) is 1.35. The van der Waals surface area contributed by atoms with Crippen molar-refractivity contribution in [2.24, 2.45) is 0 Å². The largest absolute Gasteiger partial charge is 0.368 e. The van der Waals surface area contributed by atoms with Crippen LogP contribution in [-0.2, 0) is 0 Å². The van der Waals surface area contributed by atoms with E-state index in [4.69, 9.17) is 0 Å². The number of pyridine rings is 1. The van der Waals surface area contributed by atoms with Crippen molar-refractivity contribution in [3.8, 4) is 0 Å². The summed E-state index contributed by atoms with van der Waals surface area (Å²) in [5, 5.41) is 3.40. The Balaban J connectivity index is 2.49. The lowest BCUT2D eigenvalue weighted by Gasteiger charge is -2.17. The first-order valence-electron chi connectivity index (χ1n) is 5.52. The minimum absolute atomic E-state index is 0.435. The molecule has 0 fully saturated rings. The van der Waals surface area contributed by atoms with Crippen LogP contribution >= 0.6 is 15.9 Å². The highest BCUT2D eigenvalue weighted by Crippen LogP contribution is 2.18. The van der Waals surface area contributed by atoms with Crippen molar-refractivity contribution in [2.75, 3.05) is 26.0 Å². The molecule has 4 heteroatoms. The van der Waals surface area contributed by atoms with E-state index in [-0.39, 0.29) is 0 Å². The normalized spacial score (nSPS) is 12.9. The van der Waals surface area contributed by atoms with E-state index in [2.05, 4.69) is 52.1 Å². The number of aromatic nitrogens is 1. The number of nitrogens with zero attached hydrogens (tertiary/aromatic N) is 2.